The average Bonchev–Trinajstić information content (AvgIpc) is 2.92. The standard InChI is InChI=1S/C12H18N4O4/c17-11(9-16-7-4-13-14-16)15-5-1-10(2-6-15)20-8-3-12(18)19/h4,7,10H,1-3,5-6,8-9H2,(H,18,19). The summed E-state index contributed by atoms with van der Waals surface area (Å²) in [5.41, 5.74) is 0. The summed E-state index contributed by atoms with van der Waals surface area (Å²) in [5, 5.41) is 16.0. The molecule has 110 valence electrons. The molecule has 0 spiro atoms. The Morgan fingerprint density at radius 1 is 1.35 bits per heavy atom. The fraction of sp³-hybridized carbons (Fsp3) is 0.667. The highest BCUT2D eigenvalue weighted by atomic mass is 16.5. The number of aromatic nitrogens is 3. The Morgan fingerprint density at radius 3 is 2.70 bits per heavy atom. The van der Waals surface area contributed by atoms with Crippen molar-refractivity contribution in [3.63, 3.8) is 0 Å². The molecule has 1 aliphatic heterocycles. The maximum atomic E-state index is 12.0. The van der Waals surface area contributed by atoms with E-state index in [4.69, 9.17) is 9.84 Å². The van der Waals surface area contributed by atoms with Crippen LogP contribution >= 0.6 is 0 Å². The van der Waals surface area contributed by atoms with E-state index in [1.54, 1.807) is 11.1 Å². The fourth-order valence-electron chi connectivity index (χ4n) is 2.14. The van der Waals surface area contributed by atoms with E-state index in [2.05, 4.69) is 10.3 Å². The Morgan fingerprint density at radius 2 is 2.10 bits per heavy atom. The summed E-state index contributed by atoms with van der Waals surface area (Å²) in [6, 6.07) is 0. The number of hydrogen-bond donors (Lipinski definition) is 1. The normalized spacial score (nSPS) is 16.3. The zero-order valence-electron chi connectivity index (χ0n) is 11.1. The van der Waals surface area contributed by atoms with Crippen molar-refractivity contribution in [2.75, 3.05) is 19.7 Å². The van der Waals surface area contributed by atoms with Crippen LogP contribution in [-0.2, 0) is 20.9 Å². The number of amides is 1. The van der Waals surface area contributed by atoms with Crippen LogP contribution in [0.5, 0.6) is 0 Å². The van der Waals surface area contributed by atoms with E-state index in [1.807, 2.05) is 0 Å². The maximum absolute atomic E-state index is 12.0. The van der Waals surface area contributed by atoms with E-state index in [0.717, 1.165) is 12.8 Å². The Labute approximate surface area is 116 Å². The van der Waals surface area contributed by atoms with Crippen LogP contribution in [0.15, 0.2) is 12.4 Å². The van der Waals surface area contributed by atoms with E-state index in [9.17, 15) is 9.59 Å². The number of carbonyl (C=O) groups excluding carboxylic acids is 1. The molecular formula is C12H18N4O4. The minimum Gasteiger partial charge on any atom is -0.481 e. The van der Waals surface area contributed by atoms with Crippen LogP contribution in [0, 0.1) is 0 Å². The molecule has 8 nitrogen and oxygen atoms in total. The van der Waals surface area contributed by atoms with E-state index < -0.39 is 5.97 Å². The van der Waals surface area contributed by atoms with Crippen molar-refractivity contribution in [2.24, 2.45) is 0 Å². The molecule has 0 aliphatic carbocycles. The molecule has 8 heteroatoms. The van der Waals surface area contributed by atoms with E-state index >= 15 is 0 Å². The molecule has 0 bridgehead atoms. The average molecular weight is 282 g/mol. The van der Waals surface area contributed by atoms with Crippen LogP contribution < -0.4 is 0 Å². The van der Waals surface area contributed by atoms with Gasteiger partial charge in [0, 0.05) is 19.3 Å². The van der Waals surface area contributed by atoms with Crippen LogP contribution in [0.1, 0.15) is 19.3 Å². The van der Waals surface area contributed by atoms with Gasteiger partial charge in [-0.25, -0.2) is 4.68 Å². The van der Waals surface area contributed by atoms with Gasteiger partial charge < -0.3 is 14.7 Å². The summed E-state index contributed by atoms with van der Waals surface area (Å²) >= 11 is 0. The molecule has 1 aromatic heterocycles. The van der Waals surface area contributed by atoms with Crippen LogP contribution in [-0.4, -0.2) is 62.7 Å². The zero-order chi connectivity index (χ0) is 14.4. The van der Waals surface area contributed by atoms with Crippen LogP contribution in [0.4, 0.5) is 0 Å². The smallest absolute Gasteiger partial charge is 0.305 e. The highest BCUT2D eigenvalue weighted by Crippen LogP contribution is 2.14. The number of aliphatic carboxylic acids is 1. The number of carboxylic acid groups (broad SMARTS) is 1. The predicted octanol–water partition coefficient (Wildman–Crippen LogP) is -0.240. The second kappa shape index (κ2) is 6.99. The molecule has 1 saturated heterocycles. The Hall–Kier alpha value is -1.96. The number of ether oxygens (including phenoxy) is 1. The van der Waals surface area contributed by atoms with Crippen molar-refractivity contribution < 1.29 is 19.4 Å². The lowest BCUT2D eigenvalue weighted by atomic mass is 10.1. The number of likely N-dealkylation sites (tertiary alicyclic amines) is 1. The van der Waals surface area contributed by atoms with E-state index in [-0.39, 0.29) is 31.6 Å². The number of carbonyl (C=O) groups is 2. The van der Waals surface area contributed by atoms with Crippen molar-refractivity contribution in [3.05, 3.63) is 12.4 Å². The first-order chi connectivity index (χ1) is 9.65. The molecule has 2 rings (SSSR count). The van der Waals surface area contributed by atoms with Gasteiger partial charge in [0.2, 0.25) is 5.91 Å². The minimum absolute atomic E-state index is 0.0134. The van der Waals surface area contributed by atoms with Gasteiger partial charge in [-0.15, -0.1) is 5.10 Å². The second-order valence-electron chi connectivity index (χ2n) is 4.70. The monoisotopic (exact) mass is 282 g/mol. The first-order valence-corrected chi connectivity index (χ1v) is 6.60. The molecule has 1 aliphatic rings. The van der Waals surface area contributed by atoms with Gasteiger partial charge in [0.05, 0.1) is 25.3 Å². The molecular weight excluding hydrogens is 264 g/mol. The molecule has 0 atom stereocenters. The lowest BCUT2D eigenvalue weighted by Crippen LogP contribution is -2.42. The quantitative estimate of drug-likeness (QED) is 0.773. The summed E-state index contributed by atoms with van der Waals surface area (Å²) in [4.78, 5) is 24.2. The predicted molar refractivity (Wildman–Crippen MR) is 67.8 cm³/mol. The van der Waals surface area contributed by atoms with Crippen molar-refractivity contribution >= 4 is 11.9 Å². The Bertz CT molecular complexity index is 440. The molecule has 1 fully saturated rings. The number of piperidine rings is 1. The van der Waals surface area contributed by atoms with Gasteiger partial charge in [-0.2, -0.15) is 0 Å². The minimum atomic E-state index is -0.856. The van der Waals surface area contributed by atoms with Gasteiger partial charge in [-0.1, -0.05) is 5.21 Å². The molecule has 20 heavy (non-hydrogen) atoms. The summed E-state index contributed by atoms with van der Waals surface area (Å²) in [6.45, 7) is 1.69. The summed E-state index contributed by atoms with van der Waals surface area (Å²) in [5.74, 6) is -0.843. The van der Waals surface area contributed by atoms with Crippen molar-refractivity contribution in [1.29, 1.82) is 0 Å². The van der Waals surface area contributed by atoms with Gasteiger partial charge in [0.15, 0.2) is 0 Å². The lowest BCUT2D eigenvalue weighted by molar-refractivity contribution is -0.139. The molecule has 1 aromatic rings. The van der Waals surface area contributed by atoms with Gasteiger partial charge >= 0.3 is 5.97 Å². The fourth-order valence-corrected chi connectivity index (χ4v) is 2.14. The van der Waals surface area contributed by atoms with Crippen LogP contribution in [0.3, 0.4) is 0 Å². The highest BCUT2D eigenvalue weighted by molar-refractivity contribution is 5.75. The molecule has 0 saturated carbocycles. The first kappa shape index (κ1) is 14.4. The third-order valence-corrected chi connectivity index (χ3v) is 3.23. The number of rotatable bonds is 6. The summed E-state index contributed by atoms with van der Waals surface area (Å²) < 4.78 is 6.98. The van der Waals surface area contributed by atoms with E-state index in [1.165, 1.54) is 10.9 Å². The second-order valence-corrected chi connectivity index (χ2v) is 4.70. The molecule has 0 aromatic carbocycles. The zero-order valence-corrected chi connectivity index (χ0v) is 11.1. The van der Waals surface area contributed by atoms with Gasteiger partial charge in [0.25, 0.3) is 0 Å². The lowest BCUT2D eigenvalue weighted by Gasteiger charge is -2.31. The van der Waals surface area contributed by atoms with Crippen molar-refractivity contribution in [3.8, 4) is 0 Å². The summed E-state index contributed by atoms with van der Waals surface area (Å²) in [6.07, 6.45) is 4.73. The van der Waals surface area contributed by atoms with E-state index in [0.29, 0.717) is 13.1 Å². The van der Waals surface area contributed by atoms with Crippen LogP contribution in [0.2, 0.25) is 0 Å². The topological polar surface area (TPSA) is 97.6 Å². The highest BCUT2D eigenvalue weighted by Gasteiger charge is 2.23. The molecule has 0 radical (unpaired) electrons. The SMILES string of the molecule is O=C(O)CCOC1CCN(C(=O)Cn2ccnn2)CC1. The van der Waals surface area contributed by atoms with Gasteiger partial charge in [-0.3, -0.25) is 9.59 Å². The molecule has 1 amide bonds. The molecule has 1 N–H and O–H groups in total. The van der Waals surface area contributed by atoms with Crippen molar-refractivity contribution in [2.45, 2.75) is 31.9 Å². The maximum Gasteiger partial charge on any atom is 0.305 e. The molecule has 0 unspecified atom stereocenters. The third kappa shape index (κ3) is 4.30. The Kier molecular flexibility index (Phi) is 5.05. The van der Waals surface area contributed by atoms with Gasteiger partial charge in [-0.05, 0) is 12.8 Å². The first-order valence-electron chi connectivity index (χ1n) is 6.60. The summed E-state index contributed by atoms with van der Waals surface area (Å²) in [7, 11) is 0. The van der Waals surface area contributed by atoms with Gasteiger partial charge in [0.1, 0.15) is 6.54 Å². The largest absolute Gasteiger partial charge is 0.481 e. The van der Waals surface area contributed by atoms with Crippen LogP contribution in [0.25, 0.3) is 0 Å². The number of hydrogen-bond acceptors (Lipinski definition) is 5. The van der Waals surface area contributed by atoms with Crippen molar-refractivity contribution in [1.82, 2.24) is 19.9 Å². The molecule has 2 heterocycles. The Balaban J connectivity index is 1.68. The third-order valence-electron chi connectivity index (χ3n) is 3.23. The number of nitrogens with zero attached hydrogens (tertiary/aromatic N) is 4. The number of carboxylic acids is 1.